The van der Waals surface area contributed by atoms with E-state index >= 15 is 0 Å². The molecule has 1 aromatic carbocycles. The number of anilines is 1. The standard InChI is InChI=1S/C18H24N2O5S/c1-12(2)25-16-6-4-3-5-15(16)19-18(22)13-9-17(21)20(10-13)14-7-8-26(23,24)11-14/h3-6,12-14H,7-11H2,1-2H3,(H,19,22). The quantitative estimate of drug-likeness (QED) is 0.835. The maximum Gasteiger partial charge on any atom is 0.229 e. The number of hydrogen-bond donors (Lipinski definition) is 1. The van der Waals surface area contributed by atoms with Crippen molar-refractivity contribution in [3.63, 3.8) is 0 Å². The smallest absolute Gasteiger partial charge is 0.229 e. The van der Waals surface area contributed by atoms with Gasteiger partial charge in [0.25, 0.3) is 0 Å². The fourth-order valence-electron chi connectivity index (χ4n) is 3.44. The van der Waals surface area contributed by atoms with Gasteiger partial charge < -0.3 is 15.0 Å². The first-order valence-electron chi connectivity index (χ1n) is 8.81. The lowest BCUT2D eigenvalue weighted by Crippen LogP contribution is -2.38. The van der Waals surface area contributed by atoms with Gasteiger partial charge in [-0.25, -0.2) is 8.42 Å². The van der Waals surface area contributed by atoms with Crippen LogP contribution in [0.5, 0.6) is 5.75 Å². The molecule has 1 aromatic rings. The lowest BCUT2D eigenvalue weighted by molar-refractivity contribution is -0.129. The van der Waals surface area contributed by atoms with Crippen LogP contribution in [0.2, 0.25) is 0 Å². The third-order valence-corrected chi connectivity index (χ3v) is 6.44. The summed E-state index contributed by atoms with van der Waals surface area (Å²) in [4.78, 5) is 26.5. The van der Waals surface area contributed by atoms with E-state index in [-0.39, 0.29) is 48.4 Å². The largest absolute Gasteiger partial charge is 0.489 e. The van der Waals surface area contributed by atoms with Gasteiger partial charge in [-0.3, -0.25) is 9.59 Å². The monoisotopic (exact) mass is 380 g/mol. The molecule has 1 N–H and O–H groups in total. The van der Waals surface area contributed by atoms with Crippen LogP contribution < -0.4 is 10.1 Å². The fraction of sp³-hybridized carbons (Fsp3) is 0.556. The topological polar surface area (TPSA) is 92.8 Å². The van der Waals surface area contributed by atoms with Gasteiger partial charge in [-0.2, -0.15) is 0 Å². The zero-order valence-corrected chi connectivity index (χ0v) is 15.8. The second-order valence-electron chi connectivity index (χ2n) is 7.16. The van der Waals surface area contributed by atoms with Crippen LogP contribution in [0.1, 0.15) is 26.7 Å². The van der Waals surface area contributed by atoms with E-state index in [4.69, 9.17) is 4.74 Å². The molecule has 2 unspecified atom stereocenters. The van der Waals surface area contributed by atoms with Crippen LogP contribution in [0.15, 0.2) is 24.3 Å². The van der Waals surface area contributed by atoms with Gasteiger partial charge >= 0.3 is 0 Å². The first-order chi connectivity index (χ1) is 12.2. The van der Waals surface area contributed by atoms with Gasteiger partial charge in [0.05, 0.1) is 29.2 Å². The third kappa shape index (κ3) is 4.17. The number of amides is 2. The van der Waals surface area contributed by atoms with Crippen molar-refractivity contribution in [1.82, 2.24) is 4.90 Å². The minimum atomic E-state index is -3.07. The van der Waals surface area contributed by atoms with E-state index in [1.807, 2.05) is 19.9 Å². The lowest BCUT2D eigenvalue weighted by Gasteiger charge is -2.23. The molecule has 7 nitrogen and oxygen atoms in total. The SMILES string of the molecule is CC(C)Oc1ccccc1NC(=O)C1CC(=O)N(C2CCS(=O)(=O)C2)C1. The van der Waals surface area contributed by atoms with Crippen LogP contribution in [-0.4, -0.2) is 55.3 Å². The maximum absolute atomic E-state index is 12.6. The second-order valence-corrected chi connectivity index (χ2v) is 9.38. The van der Waals surface area contributed by atoms with Gasteiger partial charge in [0, 0.05) is 19.0 Å². The van der Waals surface area contributed by atoms with Crippen LogP contribution in [-0.2, 0) is 19.4 Å². The van der Waals surface area contributed by atoms with Crippen molar-refractivity contribution < 1.29 is 22.7 Å². The molecular weight excluding hydrogens is 356 g/mol. The van der Waals surface area contributed by atoms with Crippen molar-refractivity contribution in [2.24, 2.45) is 5.92 Å². The summed E-state index contributed by atoms with van der Waals surface area (Å²) in [6.07, 6.45) is 0.532. The summed E-state index contributed by atoms with van der Waals surface area (Å²) in [6, 6.07) is 6.87. The van der Waals surface area contributed by atoms with Crippen LogP contribution in [0, 0.1) is 5.92 Å². The second kappa shape index (κ2) is 7.26. The van der Waals surface area contributed by atoms with Crippen LogP contribution in [0.25, 0.3) is 0 Å². The molecular formula is C18H24N2O5S. The number of carbonyl (C=O) groups excluding carboxylic acids is 2. The summed E-state index contributed by atoms with van der Waals surface area (Å²) >= 11 is 0. The van der Waals surface area contributed by atoms with Crippen LogP contribution in [0.4, 0.5) is 5.69 Å². The molecule has 0 aromatic heterocycles. The Morgan fingerprint density at radius 3 is 2.69 bits per heavy atom. The lowest BCUT2D eigenvalue weighted by atomic mass is 10.1. The van der Waals surface area contributed by atoms with E-state index in [9.17, 15) is 18.0 Å². The Hall–Kier alpha value is -2.09. The highest BCUT2D eigenvalue weighted by Gasteiger charge is 2.42. The van der Waals surface area contributed by atoms with E-state index in [0.29, 0.717) is 17.9 Å². The highest BCUT2D eigenvalue weighted by Crippen LogP contribution is 2.29. The number of nitrogens with one attached hydrogen (secondary N) is 1. The van der Waals surface area contributed by atoms with Crippen LogP contribution >= 0.6 is 0 Å². The number of ether oxygens (including phenoxy) is 1. The van der Waals surface area contributed by atoms with E-state index in [0.717, 1.165) is 0 Å². The van der Waals surface area contributed by atoms with E-state index in [1.165, 1.54) is 0 Å². The Labute approximate surface area is 153 Å². The molecule has 3 rings (SSSR count). The van der Waals surface area contributed by atoms with Crippen molar-refractivity contribution in [2.75, 3.05) is 23.4 Å². The predicted molar refractivity (Wildman–Crippen MR) is 97.7 cm³/mol. The number of likely N-dealkylation sites (tertiary alicyclic amines) is 1. The first-order valence-corrected chi connectivity index (χ1v) is 10.6. The van der Waals surface area contributed by atoms with Gasteiger partial charge in [0.15, 0.2) is 9.84 Å². The molecule has 2 saturated heterocycles. The van der Waals surface area contributed by atoms with E-state index in [2.05, 4.69) is 5.32 Å². The summed E-state index contributed by atoms with van der Waals surface area (Å²) in [5.41, 5.74) is 0.570. The molecule has 142 valence electrons. The van der Waals surface area contributed by atoms with Gasteiger partial charge in [0.2, 0.25) is 11.8 Å². The van der Waals surface area contributed by atoms with Gasteiger partial charge in [-0.15, -0.1) is 0 Å². The molecule has 2 atom stereocenters. The molecule has 0 bridgehead atoms. The summed E-state index contributed by atoms with van der Waals surface area (Å²) in [5.74, 6) is -0.201. The summed E-state index contributed by atoms with van der Waals surface area (Å²) in [5, 5.41) is 2.84. The Balaban J connectivity index is 1.66. The van der Waals surface area contributed by atoms with Crippen LogP contribution in [0.3, 0.4) is 0 Å². The van der Waals surface area contributed by atoms with Gasteiger partial charge in [-0.05, 0) is 32.4 Å². The number of benzene rings is 1. The maximum atomic E-state index is 12.6. The molecule has 2 heterocycles. The van der Waals surface area contributed by atoms with Gasteiger partial charge in [-0.1, -0.05) is 12.1 Å². The molecule has 2 aliphatic rings. The van der Waals surface area contributed by atoms with Crippen molar-refractivity contribution in [2.45, 2.75) is 38.8 Å². The Bertz CT molecular complexity index is 806. The van der Waals surface area contributed by atoms with Crippen molar-refractivity contribution in [3.05, 3.63) is 24.3 Å². The minimum absolute atomic E-state index is 0.00184. The molecule has 26 heavy (non-hydrogen) atoms. The van der Waals surface area contributed by atoms with Gasteiger partial charge in [0.1, 0.15) is 5.75 Å². The Morgan fingerprint density at radius 2 is 2.04 bits per heavy atom. The molecule has 8 heteroatoms. The number of sulfone groups is 1. The van der Waals surface area contributed by atoms with E-state index in [1.54, 1.807) is 23.1 Å². The number of carbonyl (C=O) groups is 2. The molecule has 0 saturated carbocycles. The number of hydrogen-bond acceptors (Lipinski definition) is 5. The highest BCUT2D eigenvalue weighted by molar-refractivity contribution is 7.91. The third-order valence-electron chi connectivity index (χ3n) is 4.69. The molecule has 2 amide bonds. The predicted octanol–water partition coefficient (Wildman–Crippen LogP) is 1.45. The molecule has 0 radical (unpaired) electrons. The number of para-hydroxylation sites is 2. The molecule has 0 aliphatic carbocycles. The van der Waals surface area contributed by atoms with Crippen molar-refractivity contribution >= 4 is 27.3 Å². The number of nitrogens with zero attached hydrogens (tertiary/aromatic N) is 1. The minimum Gasteiger partial charge on any atom is -0.489 e. The zero-order valence-electron chi connectivity index (χ0n) is 15.0. The average Bonchev–Trinajstić information content (AvgIpc) is 3.11. The van der Waals surface area contributed by atoms with Crippen molar-refractivity contribution in [1.29, 1.82) is 0 Å². The van der Waals surface area contributed by atoms with Crippen molar-refractivity contribution in [3.8, 4) is 5.75 Å². The molecule has 2 fully saturated rings. The van der Waals surface area contributed by atoms with E-state index < -0.39 is 15.8 Å². The summed E-state index contributed by atoms with van der Waals surface area (Å²) in [6.45, 7) is 4.07. The Morgan fingerprint density at radius 1 is 1.31 bits per heavy atom. The Kier molecular flexibility index (Phi) is 5.22. The average molecular weight is 380 g/mol. The molecule has 2 aliphatic heterocycles. The number of rotatable bonds is 5. The first kappa shape index (κ1) is 18.7. The highest BCUT2D eigenvalue weighted by atomic mass is 32.2. The summed E-state index contributed by atoms with van der Waals surface area (Å²) in [7, 11) is -3.07. The fourth-order valence-corrected chi connectivity index (χ4v) is 5.17. The normalized spacial score (nSPS) is 24.9. The zero-order chi connectivity index (χ0) is 18.9. The molecule has 0 spiro atoms. The summed E-state index contributed by atoms with van der Waals surface area (Å²) < 4.78 is 29.0.